The van der Waals surface area contributed by atoms with Crippen LogP contribution in [0.1, 0.15) is 0 Å². The van der Waals surface area contributed by atoms with Gasteiger partial charge in [-0.3, -0.25) is 4.57 Å². The maximum Gasteiger partial charge on any atom is 0.145 e. The molecule has 0 spiro atoms. The number of rotatable bonds is 3. The van der Waals surface area contributed by atoms with Crippen molar-refractivity contribution in [1.82, 2.24) is 9.55 Å². The molecular formula is C37H24N2. The van der Waals surface area contributed by atoms with Gasteiger partial charge >= 0.3 is 0 Å². The van der Waals surface area contributed by atoms with Crippen molar-refractivity contribution < 1.29 is 0 Å². The van der Waals surface area contributed by atoms with Gasteiger partial charge in [0.1, 0.15) is 5.82 Å². The summed E-state index contributed by atoms with van der Waals surface area (Å²) in [6.07, 6.45) is 2.03. The Morgan fingerprint density at radius 3 is 1.87 bits per heavy atom. The largest absolute Gasteiger partial charge is 0.293 e. The summed E-state index contributed by atoms with van der Waals surface area (Å²) >= 11 is 0. The van der Waals surface area contributed by atoms with Crippen LogP contribution in [0, 0.1) is 0 Å². The van der Waals surface area contributed by atoms with E-state index in [0.29, 0.717) is 0 Å². The molecule has 0 saturated heterocycles. The third-order valence-corrected chi connectivity index (χ3v) is 7.83. The first kappa shape index (κ1) is 21.8. The van der Waals surface area contributed by atoms with Gasteiger partial charge in [-0.25, -0.2) is 4.98 Å². The molecule has 39 heavy (non-hydrogen) atoms. The quantitative estimate of drug-likeness (QED) is 0.238. The Kier molecular flexibility index (Phi) is 4.86. The summed E-state index contributed by atoms with van der Waals surface area (Å²) in [6, 6.07) is 49.8. The second kappa shape index (κ2) is 8.68. The van der Waals surface area contributed by atoms with Gasteiger partial charge in [-0.05, 0) is 51.0 Å². The van der Waals surface area contributed by atoms with Gasteiger partial charge in [-0.1, -0.05) is 121 Å². The van der Waals surface area contributed by atoms with Gasteiger partial charge in [-0.15, -0.1) is 0 Å². The lowest BCUT2D eigenvalue weighted by atomic mass is 10.0. The number of hydrogen-bond acceptors (Lipinski definition) is 1. The summed E-state index contributed by atoms with van der Waals surface area (Å²) < 4.78 is 2.35. The zero-order chi connectivity index (χ0) is 25.8. The van der Waals surface area contributed by atoms with Gasteiger partial charge in [0.05, 0.1) is 11.0 Å². The number of benzene rings is 6. The van der Waals surface area contributed by atoms with Gasteiger partial charge in [0.15, 0.2) is 0 Å². The Morgan fingerprint density at radius 2 is 1.08 bits per heavy atom. The number of hydrogen-bond donors (Lipinski definition) is 0. The Bertz CT molecular complexity index is 2160. The molecule has 2 heteroatoms. The standard InChI is InChI=1S/C37H24N2/c1-3-11-25(12-4-1)28-20-21-34-32(23-28)36-29-16-8-7-15-27(29)19-22-35(36)39(34)37-31-18-10-9-17-30(31)33(24-38-37)26-13-5-2-6-14-26/h1-24H. The fraction of sp³-hybridized carbons (Fsp3) is 0. The smallest absolute Gasteiger partial charge is 0.145 e. The van der Waals surface area contributed by atoms with Crippen LogP contribution in [0.25, 0.3) is 71.4 Å². The van der Waals surface area contributed by atoms with Crippen molar-refractivity contribution >= 4 is 43.4 Å². The van der Waals surface area contributed by atoms with Crippen LogP contribution in [0.4, 0.5) is 0 Å². The van der Waals surface area contributed by atoms with E-state index >= 15 is 0 Å². The minimum atomic E-state index is 0.952. The van der Waals surface area contributed by atoms with E-state index in [0.717, 1.165) is 22.3 Å². The SMILES string of the molecule is c1ccc(-c2ccc3c(c2)c2c4ccccc4ccc2n3-c2ncc(-c3ccccc3)c3ccccc23)cc1. The van der Waals surface area contributed by atoms with E-state index in [1.54, 1.807) is 0 Å². The van der Waals surface area contributed by atoms with Crippen molar-refractivity contribution in [2.45, 2.75) is 0 Å². The maximum absolute atomic E-state index is 5.15. The van der Waals surface area contributed by atoms with Crippen LogP contribution in [0.2, 0.25) is 0 Å². The monoisotopic (exact) mass is 496 g/mol. The van der Waals surface area contributed by atoms with Crippen molar-refractivity contribution in [2.75, 3.05) is 0 Å². The lowest BCUT2D eigenvalue weighted by molar-refractivity contribution is 1.10. The van der Waals surface area contributed by atoms with E-state index in [-0.39, 0.29) is 0 Å². The first-order valence-corrected chi connectivity index (χ1v) is 13.3. The number of nitrogens with zero attached hydrogens (tertiary/aromatic N) is 2. The minimum absolute atomic E-state index is 0.952. The minimum Gasteiger partial charge on any atom is -0.293 e. The molecule has 8 aromatic rings. The average Bonchev–Trinajstić information content (AvgIpc) is 3.35. The maximum atomic E-state index is 5.15. The van der Waals surface area contributed by atoms with Crippen molar-refractivity contribution in [2.24, 2.45) is 0 Å². The molecular weight excluding hydrogens is 472 g/mol. The van der Waals surface area contributed by atoms with Crippen LogP contribution in [-0.2, 0) is 0 Å². The zero-order valence-corrected chi connectivity index (χ0v) is 21.3. The predicted molar refractivity (Wildman–Crippen MR) is 164 cm³/mol. The molecule has 6 aromatic carbocycles. The molecule has 0 radical (unpaired) electrons. The van der Waals surface area contributed by atoms with Crippen molar-refractivity contribution in [3.8, 4) is 28.1 Å². The van der Waals surface area contributed by atoms with Gasteiger partial charge < -0.3 is 0 Å². The summed E-state index contributed by atoms with van der Waals surface area (Å²) in [5.74, 6) is 0.952. The molecule has 0 aliphatic rings. The molecule has 2 nitrogen and oxygen atoms in total. The lowest BCUT2D eigenvalue weighted by Crippen LogP contribution is -1.99. The fourth-order valence-corrected chi connectivity index (χ4v) is 6.03. The summed E-state index contributed by atoms with van der Waals surface area (Å²) in [5, 5.41) is 7.34. The molecule has 0 fully saturated rings. The lowest BCUT2D eigenvalue weighted by Gasteiger charge is -2.14. The highest BCUT2D eigenvalue weighted by molar-refractivity contribution is 6.22. The molecule has 0 unspecified atom stereocenters. The normalized spacial score (nSPS) is 11.6. The van der Waals surface area contributed by atoms with Crippen LogP contribution in [0.5, 0.6) is 0 Å². The molecule has 2 heterocycles. The highest BCUT2D eigenvalue weighted by Gasteiger charge is 2.19. The third-order valence-electron chi connectivity index (χ3n) is 7.83. The van der Waals surface area contributed by atoms with E-state index in [1.807, 2.05) is 6.20 Å². The van der Waals surface area contributed by atoms with Gasteiger partial charge in [-0.2, -0.15) is 0 Å². The third kappa shape index (κ3) is 3.39. The summed E-state index contributed by atoms with van der Waals surface area (Å²) in [7, 11) is 0. The van der Waals surface area contributed by atoms with E-state index < -0.39 is 0 Å². The molecule has 182 valence electrons. The molecule has 0 atom stereocenters. The van der Waals surface area contributed by atoms with Crippen LogP contribution in [0.3, 0.4) is 0 Å². The number of pyridine rings is 1. The van der Waals surface area contributed by atoms with Gasteiger partial charge in [0, 0.05) is 27.9 Å². The Morgan fingerprint density at radius 1 is 0.436 bits per heavy atom. The first-order valence-electron chi connectivity index (χ1n) is 13.3. The van der Waals surface area contributed by atoms with Crippen LogP contribution in [0.15, 0.2) is 146 Å². The molecule has 0 saturated carbocycles. The van der Waals surface area contributed by atoms with Crippen LogP contribution in [-0.4, -0.2) is 9.55 Å². The highest BCUT2D eigenvalue weighted by Crippen LogP contribution is 2.40. The number of fused-ring (bicyclic) bond motifs is 6. The Hall–Kier alpha value is -5.21. The summed E-state index contributed by atoms with van der Waals surface area (Å²) in [4.78, 5) is 5.15. The predicted octanol–water partition coefficient (Wildman–Crippen LogP) is 9.82. The van der Waals surface area contributed by atoms with Crippen molar-refractivity contribution in [1.29, 1.82) is 0 Å². The van der Waals surface area contributed by atoms with Crippen molar-refractivity contribution in [3.63, 3.8) is 0 Å². The second-order valence-corrected chi connectivity index (χ2v) is 10.0. The van der Waals surface area contributed by atoms with Crippen molar-refractivity contribution in [3.05, 3.63) is 146 Å². The number of aromatic nitrogens is 2. The van der Waals surface area contributed by atoms with E-state index in [4.69, 9.17) is 4.98 Å². The van der Waals surface area contributed by atoms with Crippen LogP contribution >= 0.6 is 0 Å². The van der Waals surface area contributed by atoms with E-state index in [1.165, 1.54) is 49.1 Å². The highest BCUT2D eigenvalue weighted by atomic mass is 15.1. The first-order chi connectivity index (χ1) is 19.4. The average molecular weight is 497 g/mol. The second-order valence-electron chi connectivity index (χ2n) is 10.0. The summed E-state index contributed by atoms with van der Waals surface area (Å²) in [5.41, 5.74) is 7.08. The van der Waals surface area contributed by atoms with Gasteiger partial charge in [0.25, 0.3) is 0 Å². The molecule has 0 amide bonds. The topological polar surface area (TPSA) is 17.8 Å². The fourth-order valence-electron chi connectivity index (χ4n) is 6.03. The molecule has 0 aliphatic heterocycles. The molecule has 8 rings (SSSR count). The summed E-state index contributed by atoms with van der Waals surface area (Å²) in [6.45, 7) is 0. The van der Waals surface area contributed by atoms with Gasteiger partial charge in [0.2, 0.25) is 0 Å². The molecule has 0 bridgehead atoms. The molecule has 0 aliphatic carbocycles. The Balaban J connectivity index is 1.49. The Labute approximate surface area is 226 Å². The molecule has 2 aromatic heterocycles. The van der Waals surface area contributed by atoms with Crippen LogP contribution < -0.4 is 0 Å². The van der Waals surface area contributed by atoms with E-state index in [2.05, 4.69) is 144 Å². The zero-order valence-electron chi connectivity index (χ0n) is 21.3. The molecule has 0 N–H and O–H groups in total. The van der Waals surface area contributed by atoms with E-state index in [9.17, 15) is 0 Å².